The molecular formula is C58H93NS3. The maximum Gasteiger partial charge on any atom is 0.0240 e. The molecule has 0 amide bonds. The van der Waals surface area contributed by atoms with Crippen LogP contribution in [-0.2, 0) is 0 Å². The van der Waals surface area contributed by atoms with Gasteiger partial charge in [0.05, 0.1) is 0 Å². The summed E-state index contributed by atoms with van der Waals surface area (Å²) in [4.78, 5) is 3.52. The van der Waals surface area contributed by atoms with Gasteiger partial charge >= 0.3 is 0 Å². The second-order valence-electron chi connectivity index (χ2n) is 26.1. The molecule has 0 N–H and O–H groups in total. The first kappa shape index (κ1) is 43.1. The zero-order chi connectivity index (χ0) is 40.7. The summed E-state index contributed by atoms with van der Waals surface area (Å²) >= 11 is 7.96. The van der Waals surface area contributed by atoms with Crippen LogP contribution in [0.4, 0.5) is 0 Å². The van der Waals surface area contributed by atoms with Crippen molar-refractivity contribution in [1.29, 1.82) is 0 Å². The van der Waals surface area contributed by atoms with Gasteiger partial charge in [-0.2, -0.15) is 35.3 Å². The zero-order valence-corrected chi connectivity index (χ0v) is 42.1. The van der Waals surface area contributed by atoms with Crippen LogP contribution in [0.15, 0.2) is 0 Å². The molecule has 13 rings (SSSR count). The molecule has 1 nitrogen and oxygen atoms in total. The Morgan fingerprint density at radius 3 is 1.48 bits per heavy atom. The molecule has 348 valence electrons. The number of hydrogen-bond acceptors (Lipinski definition) is 4. The molecule has 3 aliphatic heterocycles. The minimum atomic E-state index is 0.903. The summed E-state index contributed by atoms with van der Waals surface area (Å²) in [6.07, 6.45) is 55.2. The van der Waals surface area contributed by atoms with E-state index >= 15 is 0 Å². The third-order valence-corrected chi connectivity index (χ3v) is 29.5. The van der Waals surface area contributed by atoms with Gasteiger partial charge in [0.1, 0.15) is 0 Å². The fourth-order valence-corrected chi connectivity index (χ4v) is 28.5. The van der Waals surface area contributed by atoms with Gasteiger partial charge in [-0.1, -0.05) is 96.3 Å². The highest BCUT2D eigenvalue weighted by Crippen LogP contribution is 2.68. The minimum Gasteiger partial charge on any atom is -0.293 e. The Morgan fingerprint density at radius 1 is 0.242 bits per heavy atom. The van der Waals surface area contributed by atoms with Crippen LogP contribution < -0.4 is 0 Å². The fourth-order valence-electron chi connectivity index (χ4n) is 21.5. The lowest BCUT2D eigenvalue weighted by Gasteiger charge is -2.55. The van der Waals surface area contributed by atoms with Gasteiger partial charge < -0.3 is 0 Å². The lowest BCUT2D eigenvalue weighted by atomic mass is 9.57. The van der Waals surface area contributed by atoms with E-state index in [1.807, 2.05) is 0 Å². The standard InChI is InChI=1S/C58H93NS3/c1-2-12-36(13-3-1)37-24-28-40(29-25-37)59(41-30-26-39(27-31-41)43-19-10-15-38-14-4-5-16-42(38)43)50-34-32-44(54-48-17-6-9-23-52(48)61-58(50)54)45-20-11-21-46-47-33-35-53-55(57(47)62-56(45)46)49-18-7-8-22-51(49)60-53/h36-58H,1-35H2. The van der Waals surface area contributed by atoms with E-state index in [0.717, 1.165) is 132 Å². The van der Waals surface area contributed by atoms with E-state index in [-0.39, 0.29) is 0 Å². The maximum absolute atomic E-state index is 3.52. The summed E-state index contributed by atoms with van der Waals surface area (Å²) in [5.41, 5.74) is 0. The Bertz CT molecular complexity index is 1490. The van der Waals surface area contributed by atoms with Crippen molar-refractivity contribution in [2.45, 2.75) is 274 Å². The summed E-state index contributed by atoms with van der Waals surface area (Å²) in [7, 11) is 0. The molecule has 18 atom stereocenters. The lowest BCUT2D eigenvalue weighted by molar-refractivity contribution is -0.0356. The van der Waals surface area contributed by atoms with Crippen LogP contribution in [0.2, 0.25) is 0 Å². The van der Waals surface area contributed by atoms with Crippen molar-refractivity contribution < 1.29 is 0 Å². The number of thioether (sulfide) groups is 3. The molecule has 10 aliphatic carbocycles. The highest BCUT2D eigenvalue weighted by Gasteiger charge is 2.62. The maximum atomic E-state index is 3.52. The molecule has 0 aromatic rings. The Morgan fingerprint density at radius 2 is 0.726 bits per heavy atom. The highest BCUT2D eigenvalue weighted by atomic mass is 32.2. The molecule has 0 aromatic carbocycles. The topological polar surface area (TPSA) is 3.24 Å². The Hall–Kier alpha value is 1.01. The number of hydrogen-bond donors (Lipinski definition) is 0. The molecule has 3 heterocycles. The average molecular weight is 901 g/mol. The highest BCUT2D eigenvalue weighted by molar-refractivity contribution is 8.02. The lowest BCUT2D eigenvalue weighted by Crippen LogP contribution is -2.59. The van der Waals surface area contributed by atoms with Crippen molar-refractivity contribution in [1.82, 2.24) is 4.90 Å². The van der Waals surface area contributed by atoms with Gasteiger partial charge in [-0.3, -0.25) is 4.90 Å². The predicted octanol–water partition coefficient (Wildman–Crippen LogP) is 16.3. The van der Waals surface area contributed by atoms with E-state index in [4.69, 9.17) is 0 Å². The normalized spacial score (nSPS) is 54.3. The zero-order valence-electron chi connectivity index (χ0n) is 39.7. The molecule has 0 bridgehead atoms. The van der Waals surface area contributed by atoms with Gasteiger partial charge in [0.2, 0.25) is 0 Å². The molecule has 62 heavy (non-hydrogen) atoms. The van der Waals surface area contributed by atoms with Crippen LogP contribution in [-0.4, -0.2) is 54.5 Å². The van der Waals surface area contributed by atoms with Crippen molar-refractivity contribution in [2.75, 3.05) is 0 Å². The largest absolute Gasteiger partial charge is 0.293 e. The van der Waals surface area contributed by atoms with Crippen LogP contribution in [0.25, 0.3) is 0 Å². The van der Waals surface area contributed by atoms with Gasteiger partial charge in [0.25, 0.3) is 0 Å². The summed E-state index contributed by atoms with van der Waals surface area (Å²) in [5.74, 6) is 15.1. The monoisotopic (exact) mass is 900 g/mol. The molecule has 0 aromatic heterocycles. The van der Waals surface area contributed by atoms with Crippen molar-refractivity contribution >= 4 is 35.3 Å². The van der Waals surface area contributed by atoms with Crippen molar-refractivity contribution in [2.24, 2.45) is 82.9 Å². The Labute approximate surface area is 395 Å². The molecule has 0 radical (unpaired) electrons. The van der Waals surface area contributed by atoms with E-state index in [0.29, 0.717) is 0 Å². The van der Waals surface area contributed by atoms with Gasteiger partial charge in [0.15, 0.2) is 0 Å². The minimum absolute atomic E-state index is 0.903. The molecule has 18 unspecified atom stereocenters. The van der Waals surface area contributed by atoms with Crippen LogP contribution in [0.5, 0.6) is 0 Å². The number of fused-ring (bicyclic) bond motifs is 11. The van der Waals surface area contributed by atoms with E-state index in [9.17, 15) is 0 Å². The third kappa shape index (κ3) is 7.78. The number of rotatable bonds is 6. The van der Waals surface area contributed by atoms with Crippen LogP contribution in [0, 0.1) is 82.9 Å². The first-order valence-corrected chi connectivity index (χ1v) is 32.3. The smallest absolute Gasteiger partial charge is 0.0240 e. The molecule has 13 aliphatic rings. The third-order valence-electron chi connectivity index (χ3n) is 23.8. The average Bonchev–Trinajstić information content (AvgIpc) is 4.04. The Kier molecular flexibility index (Phi) is 13.0. The SMILES string of the molecule is C1CCC(C2CCC(N(C3CCC(C4CCCC5CCCCC54)CC3)C3CCC(C4CCCC5C6CCC7SC8CCCCC8C7C6SC54)C4C5CCCCC5SC43)CC2)CC1. The Balaban J connectivity index is 0.769. The summed E-state index contributed by atoms with van der Waals surface area (Å²) < 4.78 is 0. The molecule has 13 fully saturated rings. The first-order valence-electron chi connectivity index (χ1n) is 29.5. The van der Waals surface area contributed by atoms with E-state index in [1.54, 1.807) is 199 Å². The van der Waals surface area contributed by atoms with Crippen molar-refractivity contribution in [3.05, 3.63) is 0 Å². The predicted molar refractivity (Wildman–Crippen MR) is 269 cm³/mol. The molecule has 0 spiro atoms. The summed E-state index contributed by atoms with van der Waals surface area (Å²) in [5, 5.41) is 6.13. The molecule has 10 saturated carbocycles. The summed E-state index contributed by atoms with van der Waals surface area (Å²) in [6.45, 7) is 0. The van der Waals surface area contributed by atoms with E-state index in [1.165, 1.54) is 25.7 Å². The van der Waals surface area contributed by atoms with Crippen LogP contribution >= 0.6 is 35.3 Å². The van der Waals surface area contributed by atoms with Gasteiger partial charge in [-0.15, -0.1) is 0 Å². The molecule has 3 saturated heterocycles. The van der Waals surface area contributed by atoms with Crippen LogP contribution in [0.3, 0.4) is 0 Å². The van der Waals surface area contributed by atoms with Crippen molar-refractivity contribution in [3.8, 4) is 0 Å². The second kappa shape index (κ2) is 18.7. The molecule has 4 heteroatoms. The van der Waals surface area contributed by atoms with Gasteiger partial charge in [-0.05, 0) is 211 Å². The van der Waals surface area contributed by atoms with Crippen LogP contribution in [0.1, 0.15) is 225 Å². The fraction of sp³-hybridized carbons (Fsp3) is 1.00. The van der Waals surface area contributed by atoms with Crippen molar-refractivity contribution in [3.63, 3.8) is 0 Å². The number of nitrogens with zero attached hydrogens (tertiary/aromatic N) is 1. The van der Waals surface area contributed by atoms with Gasteiger partial charge in [0, 0.05) is 49.6 Å². The van der Waals surface area contributed by atoms with Gasteiger partial charge in [-0.25, -0.2) is 0 Å². The summed E-state index contributed by atoms with van der Waals surface area (Å²) in [6, 6.07) is 2.72. The first-order chi connectivity index (χ1) is 30.7. The van der Waals surface area contributed by atoms with E-state index < -0.39 is 0 Å². The molecular weight excluding hydrogens is 807 g/mol. The second-order valence-corrected chi connectivity index (χ2v) is 30.3. The quantitative estimate of drug-likeness (QED) is 0.261. The van der Waals surface area contributed by atoms with E-state index in [2.05, 4.69) is 40.2 Å².